The maximum Gasteiger partial charge on any atom is 0.161 e. The van der Waals surface area contributed by atoms with Gasteiger partial charge in [-0.25, -0.2) is 4.39 Å². The van der Waals surface area contributed by atoms with Crippen LogP contribution >= 0.6 is 0 Å². The lowest BCUT2D eigenvalue weighted by atomic mass is 9.98. The van der Waals surface area contributed by atoms with Crippen LogP contribution in [-0.4, -0.2) is 21.3 Å². The van der Waals surface area contributed by atoms with Crippen molar-refractivity contribution in [1.29, 1.82) is 0 Å². The summed E-state index contributed by atoms with van der Waals surface area (Å²) < 4.78 is 24.4. The van der Waals surface area contributed by atoms with Crippen LogP contribution in [0.5, 0.6) is 11.5 Å². The van der Waals surface area contributed by atoms with Crippen molar-refractivity contribution >= 4 is 0 Å². The minimum absolute atomic E-state index is 0.235. The molecule has 0 heterocycles. The van der Waals surface area contributed by atoms with Gasteiger partial charge in [-0.05, 0) is 30.8 Å². The molecule has 3 nitrogen and oxygen atoms in total. The van der Waals surface area contributed by atoms with Gasteiger partial charge in [-0.3, -0.25) is 0 Å². The van der Waals surface area contributed by atoms with Crippen LogP contribution in [0.3, 0.4) is 0 Å². The first kappa shape index (κ1) is 14.3. The molecule has 0 aliphatic rings. The Morgan fingerprint density at radius 3 is 2.30 bits per heavy atom. The first-order chi connectivity index (χ1) is 9.71. The second-order valence-electron chi connectivity index (χ2n) is 4.36. The first-order valence-corrected chi connectivity index (χ1v) is 6.35. The molecule has 0 aliphatic carbocycles. The number of methoxy groups -OCH3 is 2. The highest BCUT2D eigenvalue weighted by Crippen LogP contribution is 2.32. The Hall–Kier alpha value is -2.07. The van der Waals surface area contributed by atoms with Crippen molar-refractivity contribution in [3.05, 3.63) is 59.4 Å². The number of nitrogens with one attached hydrogen (secondary N) is 1. The van der Waals surface area contributed by atoms with Crippen molar-refractivity contribution in [1.82, 2.24) is 5.32 Å². The number of halogens is 1. The van der Waals surface area contributed by atoms with Crippen LogP contribution in [0.15, 0.2) is 42.5 Å². The second kappa shape index (κ2) is 6.39. The molecule has 106 valence electrons. The fourth-order valence-corrected chi connectivity index (χ4v) is 2.24. The SMILES string of the molecule is CNC(c1ccc(OC)c(OC)c1)c1ccccc1F. The molecule has 2 aromatic carbocycles. The third kappa shape index (κ3) is 2.75. The van der Waals surface area contributed by atoms with Gasteiger partial charge < -0.3 is 14.8 Å². The van der Waals surface area contributed by atoms with Gasteiger partial charge in [0.25, 0.3) is 0 Å². The zero-order chi connectivity index (χ0) is 14.5. The zero-order valence-corrected chi connectivity index (χ0v) is 11.8. The van der Waals surface area contributed by atoms with Crippen LogP contribution in [0.2, 0.25) is 0 Å². The Bertz CT molecular complexity index is 586. The first-order valence-electron chi connectivity index (χ1n) is 6.35. The Morgan fingerprint density at radius 2 is 1.70 bits per heavy atom. The summed E-state index contributed by atoms with van der Waals surface area (Å²) in [5.41, 5.74) is 1.51. The average Bonchev–Trinajstić information content (AvgIpc) is 2.49. The molecule has 2 rings (SSSR count). The van der Waals surface area contributed by atoms with Crippen molar-refractivity contribution in [2.75, 3.05) is 21.3 Å². The topological polar surface area (TPSA) is 30.5 Å². The molecule has 1 unspecified atom stereocenters. The van der Waals surface area contributed by atoms with Crippen molar-refractivity contribution < 1.29 is 13.9 Å². The highest BCUT2D eigenvalue weighted by Gasteiger charge is 2.17. The minimum Gasteiger partial charge on any atom is -0.493 e. The van der Waals surface area contributed by atoms with Crippen molar-refractivity contribution in [2.24, 2.45) is 0 Å². The zero-order valence-electron chi connectivity index (χ0n) is 11.8. The molecule has 4 heteroatoms. The molecular weight excluding hydrogens is 257 g/mol. The molecule has 0 saturated heterocycles. The van der Waals surface area contributed by atoms with E-state index >= 15 is 0 Å². The summed E-state index contributed by atoms with van der Waals surface area (Å²) in [6.07, 6.45) is 0. The van der Waals surface area contributed by atoms with E-state index in [9.17, 15) is 4.39 Å². The van der Waals surface area contributed by atoms with Crippen LogP contribution < -0.4 is 14.8 Å². The molecule has 0 radical (unpaired) electrons. The molecule has 0 saturated carbocycles. The Balaban J connectivity index is 2.45. The van der Waals surface area contributed by atoms with E-state index in [1.807, 2.05) is 24.3 Å². The van der Waals surface area contributed by atoms with E-state index in [0.29, 0.717) is 17.1 Å². The monoisotopic (exact) mass is 275 g/mol. The van der Waals surface area contributed by atoms with E-state index in [0.717, 1.165) is 5.56 Å². The van der Waals surface area contributed by atoms with Crippen molar-refractivity contribution in [3.8, 4) is 11.5 Å². The molecule has 1 N–H and O–H groups in total. The molecule has 0 bridgehead atoms. The van der Waals surface area contributed by atoms with E-state index < -0.39 is 0 Å². The number of benzene rings is 2. The van der Waals surface area contributed by atoms with Gasteiger partial charge in [0.05, 0.1) is 20.3 Å². The van der Waals surface area contributed by atoms with Crippen LogP contribution in [0, 0.1) is 5.82 Å². The fraction of sp³-hybridized carbons (Fsp3) is 0.250. The summed E-state index contributed by atoms with van der Waals surface area (Å²) in [5, 5.41) is 3.13. The molecule has 0 amide bonds. The molecule has 0 fully saturated rings. The predicted octanol–water partition coefficient (Wildman–Crippen LogP) is 3.15. The van der Waals surface area contributed by atoms with E-state index in [1.165, 1.54) is 6.07 Å². The van der Waals surface area contributed by atoms with Gasteiger partial charge in [0.15, 0.2) is 11.5 Å². The van der Waals surface area contributed by atoms with Crippen LogP contribution in [0.25, 0.3) is 0 Å². The number of hydrogen-bond acceptors (Lipinski definition) is 3. The summed E-state index contributed by atoms with van der Waals surface area (Å²) >= 11 is 0. The van der Waals surface area contributed by atoms with Crippen molar-refractivity contribution in [2.45, 2.75) is 6.04 Å². The van der Waals surface area contributed by atoms with Crippen LogP contribution in [0.1, 0.15) is 17.2 Å². The minimum atomic E-state index is -0.240. The summed E-state index contributed by atoms with van der Waals surface area (Å²) in [7, 11) is 4.97. The van der Waals surface area contributed by atoms with Gasteiger partial charge in [0.2, 0.25) is 0 Å². The Morgan fingerprint density at radius 1 is 1.00 bits per heavy atom. The van der Waals surface area contributed by atoms with Crippen LogP contribution in [0.4, 0.5) is 4.39 Å². The highest BCUT2D eigenvalue weighted by atomic mass is 19.1. The van der Waals surface area contributed by atoms with E-state index in [-0.39, 0.29) is 11.9 Å². The van der Waals surface area contributed by atoms with Gasteiger partial charge in [-0.1, -0.05) is 24.3 Å². The van der Waals surface area contributed by atoms with Gasteiger partial charge in [-0.2, -0.15) is 0 Å². The summed E-state index contributed by atoms with van der Waals surface area (Å²) in [6, 6.07) is 12.1. The summed E-state index contributed by atoms with van der Waals surface area (Å²) in [4.78, 5) is 0. The summed E-state index contributed by atoms with van der Waals surface area (Å²) in [6.45, 7) is 0. The quantitative estimate of drug-likeness (QED) is 0.909. The average molecular weight is 275 g/mol. The van der Waals surface area contributed by atoms with Gasteiger partial charge in [-0.15, -0.1) is 0 Å². The van der Waals surface area contributed by atoms with Crippen molar-refractivity contribution in [3.63, 3.8) is 0 Å². The lowest BCUT2D eigenvalue weighted by Crippen LogP contribution is -2.19. The normalized spacial score (nSPS) is 12.0. The standard InChI is InChI=1S/C16H18FNO2/c1-18-16(12-6-4-5-7-13(12)17)11-8-9-14(19-2)15(10-11)20-3/h4-10,16,18H,1-3H3. The Labute approximate surface area is 118 Å². The lowest BCUT2D eigenvalue weighted by molar-refractivity contribution is 0.354. The fourth-order valence-electron chi connectivity index (χ4n) is 2.24. The number of hydrogen-bond donors (Lipinski definition) is 1. The molecule has 1 atom stereocenters. The van der Waals surface area contributed by atoms with E-state index in [4.69, 9.17) is 9.47 Å². The largest absolute Gasteiger partial charge is 0.493 e. The third-order valence-electron chi connectivity index (χ3n) is 3.25. The predicted molar refractivity (Wildman–Crippen MR) is 76.8 cm³/mol. The third-order valence-corrected chi connectivity index (χ3v) is 3.25. The molecule has 0 aliphatic heterocycles. The second-order valence-corrected chi connectivity index (χ2v) is 4.36. The molecule has 2 aromatic rings. The smallest absolute Gasteiger partial charge is 0.161 e. The molecule has 20 heavy (non-hydrogen) atoms. The van der Waals surface area contributed by atoms with E-state index in [2.05, 4.69) is 5.32 Å². The lowest BCUT2D eigenvalue weighted by Gasteiger charge is -2.19. The van der Waals surface area contributed by atoms with Gasteiger partial charge >= 0.3 is 0 Å². The number of ether oxygens (including phenoxy) is 2. The van der Waals surface area contributed by atoms with Gasteiger partial charge in [0, 0.05) is 5.56 Å². The van der Waals surface area contributed by atoms with Gasteiger partial charge in [0.1, 0.15) is 5.82 Å². The number of rotatable bonds is 5. The van der Waals surface area contributed by atoms with Crippen LogP contribution in [-0.2, 0) is 0 Å². The molecular formula is C16H18FNO2. The molecule has 0 spiro atoms. The summed E-state index contributed by atoms with van der Waals surface area (Å²) in [5.74, 6) is 1.04. The maximum atomic E-state index is 13.9. The molecule has 0 aromatic heterocycles. The maximum absolute atomic E-state index is 13.9. The highest BCUT2D eigenvalue weighted by molar-refractivity contribution is 5.46. The Kier molecular flexibility index (Phi) is 4.58. The van der Waals surface area contributed by atoms with E-state index in [1.54, 1.807) is 33.4 Å².